The van der Waals surface area contributed by atoms with Gasteiger partial charge in [-0.3, -0.25) is 19.2 Å². The Hall–Kier alpha value is -3.42. The first-order chi connectivity index (χ1) is 17.1. The Kier molecular flexibility index (Phi) is 6.01. The molecule has 1 N–H and O–H groups in total. The zero-order valence-electron chi connectivity index (χ0n) is 20.3. The van der Waals surface area contributed by atoms with Crippen molar-refractivity contribution >= 4 is 23.7 Å². The molecule has 0 bridgehead atoms. The number of ketones is 1. The fraction of sp³-hybridized carbons (Fsp3) is 0.500. The van der Waals surface area contributed by atoms with Crippen LogP contribution in [0.2, 0.25) is 0 Å². The Labute approximate surface area is 209 Å². The molecule has 0 spiro atoms. The van der Waals surface area contributed by atoms with E-state index >= 15 is 0 Å². The second-order valence-electron chi connectivity index (χ2n) is 10.9. The SMILES string of the molecule is C[C@]12C[C@@H](c3ccoc3)OC(=O)[C@H]1CC[C@]1(C)[C@@H]2C(=O)[C@@H](OC(=O)Cc2ccccc2)C[C@H]1C(=O)O. The second kappa shape index (κ2) is 8.91. The van der Waals surface area contributed by atoms with Gasteiger partial charge in [-0.15, -0.1) is 0 Å². The Bertz CT molecular complexity index is 1170. The van der Waals surface area contributed by atoms with Crippen LogP contribution in [-0.2, 0) is 35.1 Å². The number of carbonyl (C=O) groups is 4. The molecule has 0 amide bonds. The number of Topliss-reactive ketones (excluding diaryl/α,β-unsaturated/α-hetero) is 1. The van der Waals surface area contributed by atoms with E-state index in [0.717, 1.165) is 5.56 Å². The van der Waals surface area contributed by atoms with E-state index in [1.165, 1.54) is 12.5 Å². The van der Waals surface area contributed by atoms with Gasteiger partial charge < -0.3 is 19.0 Å². The molecule has 0 radical (unpaired) electrons. The highest BCUT2D eigenvalue weighted by Gasteiger charge is 2.67. The van der Waals surface area contributed by atoms with Crippen LogP contribution in [0, 0.1) is 28.6 Å². The van der Waals surface area contributed by atoms with Crippen LogP contribution >= 0.6 is 0 Å². The number of benzene rings is 1. The van der Waals surface area contributed by atoms with Crippen LogP contribution in [0.3, 0.4) is 0 Å². The molecule has 7 atom stereocenters. The van der Waals surface area contributed by atoms with Gasteiger partial charge in [-0.1, -0.05) is 44.2 Å². The zero-order chi connectivity index (χ0) is 25.7. The number of cyclic esters (lactones) is 1. The average Bonchev–Trinajstić information content (AvgIpc) is 3.35. The normalized spacial score (nSPS) is 35.8. The van der Waals surface area contributed by atoms with E-state index in [9.17, 15) is 24.3 Å². The van der Waals surface area contributed by atoms with Crippen LogP contribution in [0.4, 0.5) is 0 Å². The van der Waals surface area contributed by atoms with Crippen molar-refractivity contribution < 1.29 is 38.2 Å². The topological polar surface area (TPSA) is 120 Å². The Morgan fingerprint density at radius 3 is 2.53 bits per heavy atom. The maximum atomic E-state index is 14.0. The molecule has 1 aliphatic heterocycles. The Morgan fingerprint density at radius 1 is 1.11 bits per heavy atom. The summed E-state index contributed by atoms with van der Waals surface area (Å²) in [5, 5.41) is 10.2. The van der Waals surface area contributed by atoms with E-state index in [0.29, 0.717) is 24.8 Å². The van der Waals surface area contributed by atoms with Gasteiger partial charge in [0.1, 0.15) is 6.10 Å². The molecule has 3 aliphatic rings. The molecule has 190 valence electrons. The van der Waals surface area contributed by atoms with Gasteiger partial charge in [0.25, 0.3) is 0 Å². The standard InChI is InChI=1S/C28H30O8/c1-27-10-8-18-26(33)36-21(17-9-11-34-15-17)14-28(18,2)24(27)23(30)20(13-19(27)25(31)32)35-22(29)12-16-6-4-3-5-7-16/h3-7,9,11,15,18-21,24H,8,10,12-14H2,1-2H3,(H,31,32)/t18-,19+,20+,21+,24+,27+,28+/m1/s1. The summed E-state index contributed by atoms with van der Waals surface area (Å²) in [7, 11) is 0. The smallest absolute Gasteiger partial charge is 0.310 e. The predicted octanol–water partition coefficient (Wildman–Crippen LogP) is 4.13. The summed E-state index contributed by atoms with van der Waals surface area (Å²) < 4.78 is 16.6. The fourth-order valence-corrected chi connectivity index (χ4v) is 7.10. The minimum absolute atomic E-state index is 0.0148. The van der Waals surface area contributed by atoms with Gasteiger partial charge in [-0.25, -0.2) is 0 Å². The van der Waals surface area contributed by atoms with Crippen molar-refractivity contribution in [2.45, 2.75) is 58.2 Å². The number of hydrogen-bond donors (Lipinski definition) is 1. The minimum Gasteiger partial charge on any atom is -0.481 e. The molecular weight excluding hydrogens is 464 g/mol. The number of hydrogen-bond acceptors (Lipinski definition) is 7. The van der Waals surface area contributed by atoms with E-state index in [4.69, 9.17) is 13.9 Å². The molecule has 2 aliphatic carbocycles. The molecule has 36 heavy (non-hydrogen) atoms. The molecular formula is C28H30O8. The summed E-state index contributed by atoms with van der Waals surface area (Å²) in [6.07, 6.45) is 2.34. The molecule has 1 aromatic heterocycles. The largest absolute Gasteiger partial charge is 0.481 e. The Morgan fingerprint density at radius 2 is 1.86 bits per heavy atom. The van der Waals surface area contributed by atoms with E-state index in [-0.39, 0.29) is 24.6 Å². The predicted molar refractivity (Wildman–Crippen MR) is 125 cm³/mol. The fourth-order valence-electron chi connectivity index (χ4n) is 7.10. The third kappa shape index (κ3) is 3.92. The molecule has 2 saturated carbocycles. The van der Waals surface area contributed by atoms with Gasteiger partial charge in [-0.05, 0) is 41.7 Å². The van der Waals surface area contributed by atoms with Gasteiger partial charge in [0.05, 0.1) is 30.8 Å². The number of carboxylic acids is 1. The summed E-state index contributed by atoms with van der Waals surface area (Å²) in [5.41, 5.74) is -0.304. The van der Waals surface area contributed by atoms with Crippen molar-refractivity contribution in [3.63, 3.8) is 0 Å². The van der Waals surface area contributed by atoms with Crippen molar-refractivity contribution in [1.29, 1.82) is 0 Å². The average molecular weight is 495 g/mol. The Balaban J connectivity index is 1.48. The second-order valence-corrected chi connectivity index (χ2v) is 10.9. The van der Waals surface area contributed by atoms with Crippen LogP contribution in [0.15, 0.2) is 53.3 Å². The van der Waals surface area contributed by atoms with E-state index < -0.39 is 52.7 Å². The molecule has 5 rings (SSSR count). The maximum Gasteiger partial charge on any atom is 0.310 e. The van der Waals surface area contributed by atoms with Crippen molar-refractivity contribution in [3.05, 3.63) is 60.1 Å². The van der Waals surface area contributed by atoms with E-state index in [1.807, 2.05) is 32.0 Å². The lowest BCUT2D eigenvalue weighted by Gasteiger charge is -2.60. The molecule has 3 fully saturated rings. The number of carboxylic acid groups (broad SMARTS) is 1. The first-order valence-corrected chi connectivity index (χ1v) is 12.4. The molecule has 1 aromatic carbocycles. The molecule has 2 aromatic rings. The summed E-state index contributed by atoms with van der Waals surface area (Å²) in [4.78, 5) is 52.4. The number of furan rings is 1. The zero-order valence-corrected chi connectivity index (χ0v) is 20.3. The summed E-state index contributed by atoms with van der Waals surface area (Å²) in [6.45, 7) is 3.73. The maximum absolute atomic E-state index is 14.0. The van der Waals surface area contributed by atoms with Gasteiger partial charge in [0.2, 0.25) is 0 Å². The number of fused-ring (bicyclic) bond motifs is 3. The third-order valence-corrected chi connectivity index (χ3v) is 8.78. The monoisotopic (exact) mass is 494 g/mol. The van der Waals surface area contributed by atoms with Crippen molar-refractivity contribution in [1.82, 2.24) is 0 Å². The van der Waals surface area contributed by atoms with Gasteiger partial charge >= 0.3 is 17.9 Å². The highest BCUT2D eigenvalue weighted by Crippen LogP contribution is 2.65. The van der Waals surface area contributed by atoms with Crippen LogP contribution in [0.1, 0.15) is 56.8 Å². The molecule has 8 heteroatoms. The first kappa shape index (κ1) is 24.3. The molecule has 0 unspecified atom stereocenters. The molecule has 1 saturated heterocycles. The lowest BCUT2D eigenvalue weighted by molar-refractivity contribution is -0.210. The number of carbonyl (C=O) groups excluding carboxylic acids is 3. The quantitative estimate of drug-likeness (QED) is 0.616. The lowest BCUT2D eigenvalue weighted by atomic mass is 9.43. The van der Waals surface area contributed by atoms with Crippen molar-refractivity contribution in [2.75, 3.05) is 0 Å². The van der Waals surface area contributed by atoms with Crippen LogP contribution in [0.5, 0.6) is 0 Å². The number of esters is 2. The summed E-state index contributed by atoms with van der Waals surface area (Å²) in [5.74, 6) is -4.51. The third-order valence-electron chi connectivity index (χ3n) is 8.78. The van der Waals surface area contributed by atoms with E-state index in [2.05, 4.69) is 0 Å². The van der Waals surface area contributed by atoms with Crippen LogP contribution in [0.25, 0.3) is 0 Å². The van der Waals surface area contributed by atoms with Crippen LogP contribution < -0.4 is 0 Å². The molecule has 2 heterocycles. The van der Waals surface area contributed by atoms with Gasteiger partial charge in [0, 0.05) is 17.9 Å². The van der Waals surface area contributed by atoms with E-state index in [1.54, 1.807) is 18.2 Å². The number of aliphatic carboxylic acids is 1. The number of ether oxygens (including phenoxy) is 2. The minimum atomic E-state index is -1.18. The highest BCUT2D eigenvalue weighted by atomic mass is 16.6. The van der Waals surface area contributed by atoms with Crippen molar-refractivity contribution in [2.24, 2.45) is 28.6 Å². The summed E-state index contributed by atoms with van der Waals surface area (Å²) in [6, 6.07) is 10.8. The highest BCUT2D eigenvalue weighted by molar-refractivity contribution is 5.93. The lowest BCUT2D eigenvalue weighted by Crippen LogP contribution is -2.64. The molecule has 8 nitrogen and oxygen atoms in total. The van der Waals surface area contributed by atoms with Crippen molar-refractivity contribution in [3.8, 4) is 0 Å². The first-order valence-electron chi connectivity index (χ1n) is 12.4. The summed E-state index contributed by atoms with van der Waals surface area (Å²) >= 11 is 0. The van der Waals surface area contributed by atoms with Gasteiger partial charge in [0.15, 0.2) is 11.9 Å². The van der Waals surface area contributed by atoms with Crippen LogP contribution in [-0.4, -0.2) is 34.9 Å². The number of rotatable bonds is 5. The van der Waals surface area contributed by atoms with Gasteiger partial charge in [-0.2, -0.15) is 0 Å².